The molecule has 18 heavy (non-hydrogen) atoms. The van der Waals surface area contributed by atoms with Gasteiger partial charge in [0.05, 0.1) is 11.2 Å². The molecule has 2 fully saturated rings. The lowest BCUT2D eigenvalue weighted by atomic mass is 9.86. The molecule has 0 bridgehead atoms. The van der Waals surface area contributed by atoms with Gasteiger partial charge in [-0.1, -0.05) is 37.7 Å². The van der Waals surface area contributed by atoms with Gasteiger partial charge in [-0.15, -0.1) is 0 Å². The van der Waals surface area contributed by atoms with Gasteiger partial charge in [0, 0.05) is 0 Å². The summed E-state index contributed by atoms with van der Waals surface area (Å²) in [4.78, 5) is 0. The maximum atomic E-state index is 5.98. The van der Waals surface area contributed by atoms with Crippen molar-refractivity contribution in [1.82, 2.24) is 0 Å². The fourth-order valence-corrected chi connectivity index (χ4v) is 2.72. The van der Waals surface area contributed by atoms with Crippen LogP contribution in [-0.2, 0) is 9.31 Å². The molecule has 0 aromatic rings. The molecule has 2 nitrogen and oxygen atoms in total. The van der Waals surface area contributed by atoms with Crippen LogP contribution in [0.25, 0.3) is 0 Å². The van der Waals surface area contributed by atoms with Crippen LogP contribution in [0.2, 0.25) is 0 Å². The lowest BCUT2D eigenvalue weighted by Gasteiger charge is -2.32. The van der Waals surface area contributed by atoms with Crippen molar-refractivity contribution >= 4 is 7.12 Å². The van der Waals surface area contributed by atoms with Gasteiger partial charge in [0.25, 0.3) is 0 Å². The third kappa shape index (κ3) is 3.18. The molecule has 0 atom stereocenters. The Balaban J connectivity index is 1.90. The lowest BCUT2D eigenvalue weighted by Crippen LogP contribution is -2.41. The zero-order valence-electron chi connectivity index (χ0n) is 12.4. The van der Waals surface area contributed by atoms with Gasteiger partial charge in [-0.05, 0) is 46.5 Å². The third-order valence-electron chi connectivity index (χ3n) is 4.71. The second-order valence-corrected chi connectivity index (χ2v) is 6.76. The predicted molar refractivity (Wildman–Crippen MR) is 76.4 cm³/mol. The van der Waals surface area contributed by atoms with Crippen molar-refractivity contribution in [1.29, 1.82) is 0 Å². The van der Waals surface area contributed by atoms with Crippen molar-refractivity contribution in [2.75, 3.05) is 0 Å². The molecule has 0 amide bonds. The first-order valence-corrected chi connectivity index (χ1v) is 7.45. The van der Waals surface area contributed by atoms with E-state index in [1.165, 1.54) is 38.5 Å². The van der Waals surface area contributed by atoms with E-state index < -0.39 is 0 Å². The van der Waals surface area contributed by atoms with Crippen molar-refractivity contribution in [3.05, 3.63) is 12.1 Å². The first kappa shape index (κ1) is 14.1. The second-order valence-electron chi connectivity index (χ2n) is 6.76. The minimum Gasteiger partial charge on any atom is -0.400 e. The molecule has 2 rings (SSSR count). The summed E-state index contributed by atoms with van der Waals surface area (Å²) in [5.74, 6) is 2.86. The molecule has 1 saturated heterocycles. The second kappa shape index (κ2) is 5.38. The van der Waals surface area contributed by atoms with Crippen LogP contribution in [0.5, 0.6) is 0 Å². The Morgan fingerprint density at radius 2 is 1.39 bits per heavy atom. The Labute approximate surface area is 112 Å². The Morgan fingerprint density at radius 1 is 0.889 bits per heavy atom. The van der Waals surface area contributed by atoms with Gasteiger partial charge in [-0.3, -0.25) is 0 Å². The molecule has 0 aromatic carbocycles. The van der Waals surface area contributed by atoms with Crippen LogP contribution in [0, 0.1) is 5.92 Å². The van der Waals surface area contributed by atoms with Gasteiger partial charge < -0.3 is 9.31 Å². The Bertz CT molecular complexity index is 286. The van der Waals surface area contributed by atoms with E-state index in [0.29, 0.717) is 0 Å². The molecule has 2 aliphatic rings. The fourth-order valence-electron chi connectivity index (χ4n) is 2.72. The molecule has 0 N–H and O–H groups in total. The Kier molecular flexibility index (Phi) is 4.23. The molecule has 0 aromatic heterocycles. The first-order valence-electron chi connectivity index (χ1n) is 7.45. The van der Waals surface area contributed by atoms with Gasteiger partial charge in [-0.2, -0.15) is 0 Å². The van der Waals surface area contributed by atoms with Crippen molar-refractivity contribution in [3.8, 4) is 0 Å². The van der Waals surface area contributed by atoms with Crippen LogP contribution in [0.4, 0.5) is 0 Å². The number of rotatable bonds is 2. The standard InChI is InChI=1S/C15H27BO2/c1-14(2)15(3,4)18-16(17-14)12-11-13-9-7-5-6-8-10-13/h11-13H,5-10H2,1-4H3/b12-11+. The zero-order chi connectivity index (χ0) is 13.2. The molecular formula is C15H27BO2. The van der Waals surface area contributed by atoms with Gasteiger partial charge in [0.2, 0.25) is 0 Å². The van der Waals surface area contributed by atoms with Crippen molar-refractivity contribution in [3.63, 3.8) is 0 Å². The van der Waals surface area contributed by atoms with E-state index in [-0.39, 0.29) is 18.3 Å². The summed E-state index contributed by atoms with van der Waals surface area (Å²) in [6.45, 7) is 8.41. The summed E-state index contributed by atoms with van der Waals surface area (Å²) in [5.41, 5.74) is -0.434. The summed E-state index contributed by atoms with van der Waals surface area (Å²) in [5, 5.41) is 0. The fraction of sp³-hybridized carbons (Fsp3) is 0.867. The van der Waals surface area contributed by atoms with E-state index in [2.05, 4.69) is 39.7 Å². The highest BCUT2D eigenvalue weighted by molar-refractivity contribution is 6.51. The molecule has 3 heteroatoms. The molecule has 0 unspecified atom stereocenters. The highest BCUT2D eigenvalue weighted by Gasteiger charge is 2.50. The number of hydrogen-bond acceptors (Lipinski definition) is 2. The van der Waals surface area contributed by atoms with E-state index >= 15 is 0 Å². The topological polar surface area (TPSA) is 18.5 Å². The molecule has 102 valence electrons. The maximum absolute atomic E-state index is 5.98. The third-order valence-corrected chi connectivity index (χ3v) is 4.71. The quantitative estimate of drug-likeness (QED) is 0.541. The number of hydrogen-bond donors (Lipinski definition) is 0. The monoisotopic (exact) mass is 250 g/mol. The van der Waals surface area contributed by atoms with Crippen LogP contribution in [0.3, 0.4) is 0 Å². The number of allylic oxidation sites excluding steroid dienone is 1. The highest BCUT2D eigenvalue weighted by Crippen LogP contribution is 2.37. The van der Waals surface area contributed by atoms with Gasteiger partial charge in [0.15, 0.2) is 0 Å². The van der Waals surface area contributed by atoms with E-state index in [4.69, 9.17) is 9.31 Å². The van der Waals surface area contributed by atoms with Gasteiger partial charge in [-0.25, -0.2) is 0 Å². The minimum absolute atomic E-state index is 0.168. The van der Waals surface area contributed by atoms with Crippen molar-refractivity contribution in [2.24, 2.45) is 5.92 Å². The van der Waals surface area contributed by atoms with Crippen LogP contribution >= 0.6 is 0 Å². The van der Waals surface area contributed by atoms with E-state index in [1.54, 1.807) is 0 Å². The first-order chi connectivity index (χ1) is 8.41. The zero-order valence-corrected chi connectivity index (χ0v) is 12.4. The van der Waals surface area contributed by atoms with Crippen molar-refractivity contribution in [2.45, 2.75) is 77.4 Å². The molecule has 0 radical (unpaired) electrons. The van der Waals surface area contributed by atoms with Gasteiger partial charge >= 0.3 is 7.12 Å². The Hall–Kier alpha value is -0.275. The predicted octanol–water partition coefficient (Wildman–Crippen LogP) is 4.14. The highest BCUT2D eigenvalue weighted by atomic mass is 16.7. The Morgan fingerprint density at radius 3 is 1.89 bits per heavy atom. The summed E-state index contributed by atoms with van der Waals surface area (Å²) < 4.78 is 12.0. The van der Waals surface area contributed by atoms with E-state index in [9.17, 15) is 0 Å². The SMILES string of the molecule is CC1(C)OB(/C=C/C2CCCCCC2)OC1(C)C. The van der Waals surface area contributed by atoms with E-state index in [0.717, 1.165) is 5.92 Å². The van der Waals surface area contributed by atoms with Crippen LogP contribution < -0.4 is 0 Å². The normalized spacial score (nSPS) is 28.8. The minimum atomic E-state index is -0.217. The van der Waals surface area contributed by atoms with Gasteiger partial charge in [0.1, 0.15) is 0 Å². The van der Waals surface area contributed by atoms with Crippen LogP contribution in [0.15, 0.2) is 12.1 Å². The summed E-state index contributed by atoms with van der Waals surface area (Å²) >= 11 is 0. The molecule has 0 spiro atoms. The average Bonchev–Trinajstić information content (AvgIpc) is 2.49. The smallest absolute Gasteiger partial charge is 0.400 e. The molecule has 1 heterocycles. The largest absolute Gasteiger partial charge is 0.486 e. The molecular weight excluding hydrogens is 223 g/mol. The summed E-state index contributed by atoms with van der Waals surface area (Å²) in [6.07, 6.45) is 10.5. The average molecular weight is 250 g/mol. The lowest BCUT2D eigenvalue weighted by molar-refractivity contribution is 0.00578. The van der Waals surface area contributed by atoms with Crippen molar-refractivity contribution < 1.29 is 9.31 Å². The maximum Gasteiger partial charge on any atom is 0.486 e. The van der Waals surface area contributed by atoms with Crippen LogP contribution in [0.1, 0.15) is 66.2 Å². The van der Waals surface area contributed by atoms with E-state index in [1.807, 2.05) is 0 Å². The summed E-state index contributed by atoms with van der Waals surface area (Å²) in [6, 6.07) is 0. The summed E-state index contributed by atoms with van der Waals surface area (Å²) in [7, 11) is -0.168. The molecule has 1 aliphatic heterocycles. The molecule has 1 aliphatic carbocycles. The van der Waals surface area contributed by atoms with Crippen LogP contribution in [-0.4, -0.2) is 18.3 Å². The molecule has 1 saturated carbocycles.